The molecule has 0 aromatic heterocycles. The summed E-state index contributed by atoms with van der Waals surface area (Å²) in [5.41, 5.74) is 5.38. The molecule has 0 N–H and O–H groups in total. The van der Waals surface area contributed by atoms with Crippen LogP contribution in [0.15, 0.2) is 42.5 Å². The number of benzene rings is 2. The first-order valence-electron chi connectivity index (χ1n) is 11.5. The first-order chi connectivity index (χ1) is 14.5. The zero-order chi connectivity index (χ0) is 20.9. The molecule has 0 saturated heterocycles. The summed E-state index contributed by atoms with van der Waals surface area (Å²) in [6.45, 7) is 2.85. The van der Waals surface area contributed by atoms with Gasteiger partial charge in [-0.15, -0.1) is 0 Å². The Morgan fingerprint density at radius 2 is 1.83 bits per heavy atom. The molecule has 4 unspecified atom stereocenters. The minimum Gasteiger partial charge on any atom is -0.487 e. The van der Waals surface area contributed by atoms with E-state index in [2.05, 4.69) is 62.3 Å². The van der Waals surface area contributed by atoms with E-state index in [0.717, 1.165) is 37.9 Å². The average Bonchev–Trinajstić information content (AvgIpc) is 3.06. The highest BCUT2D eigenvalue weighted by Crippen LogP contribution is 2.60. The summed E-state index contributed by atoms with van der Waals surface area (Å²) >= 11 is 0. The van der Waals surface area contributed by atoms with E-state index in [0.29, 0.717) is 30.1 Å². The molecule has 30 heavy (non-hydrogen) atoms. The predicted molar refractivity (Wildman–Crippen MR) is 121 cm³/mol. The monoisotopic (exact) mass is 403 g/mol. The molecule has 0 aliphatic heterocycles. The number of ketones is 1. The largest absolute Gasteiger partial charge is 0.487 e. The summed E-state index contributed by atoms with van der Waals surface area (Å²) in [6.07, 6.45) is 6.40. The Labute approximate surface area is 180 Å². The van der Waals surface area contributed by atoms with E-state index in [4.69, 9.17) is 4.74 Å². The number of hydrogen-bond acceptors (Lipinski definition) is 3. The second kappa shape index (κ2) is 7.44. The van der Waals surface area contributed by atoms with Crippen LogP contribution < -0.4 is 9.64 Å². The molecule has 0 bridgehead atoms. The van der Waals surface area contributed by atoms with Crippen molar-refractivity contribution in [3.05, 3.63) is 59.2 Å². The van der Waals surface area contributed by atoms with Crippen LogP contribution in [0.2, 0.25) is 0 Å². The van der Waals surface area contributed by atoms with Crippen molar-refractivity contribution < 1.29 is 9.53 Å². The molecular formula is C27H33NO2. The normalized spacial score (nSPS) is 29.7. The van der Waals surface area contributed by atoms with E-state index < -0.39 is 0 Å². The molecule has 4 atom stereocenters. The Morgan fingerprint density at radius 3 is 2.60 bits per heavy atom. The van der Waals surface area contributed by atoms with E-state index >= 15 is 0 Å². The Bertz CT molecular complexity index is 951. The number of hydrogen-bond donors (Lipinski definition) is 0. The standard InChI is InChI=1S/C27H33NO2/c1-27-16-15-20-19-11-13-24(30-17-18-7-5-4-6-8-18)26(28(2)3)22(19)10-9-21(20)23(27)12-14-25(27)29/h4-8,11,13,20-21,23H,9-10,12,14-17H2,1-3H3. The fourth-order valence-corrected chi connectivity index (χ4v) is 6.74. The lowest BCUT2D eigenvalue weighted by atomic mass is 9.55. The van der Waals surface area contributed by atoms with Gasteiger partial charge in [-0.1, -0.05) is 43.3 Å². The van der Waals surface area contributed by atoms with Crippen LogP contribution in [0.4, 0.5) is 5.69 Å². The molecule has 0 spiro atoms. The van der Waals surface area contributed by atoms with Crippen molar-refractivity contribution in [2.45, 2.75) is 58.0 Å². The molecule has 3 aliphatic rings. The highest BCUT2D eigenvalue weighted by atomic mass is 16.5. The van der Waals surface area contributed by atoms with Crippen molar-refractivity contribution in [2.24, 2.45) is 17.3 Å². The van der Waals surface area contributed by atoms with Gasteiger partial charge in [0.1, 0.15) is 18.1 Å². The second-order valence-corrected chi connectivity index (χ2v) is 9.98. The molecule has 0 radical (unpaired) electrons. The van der Waals surface area contributed by atoms with Gasteiger partial charge in [-0.05, 0) is 72.6 Å². The van der Waals surface area contributed by atoms with Gasteiger partial charge in [-0.2, -0.15) is 0 Å². The second-order valence-electron chi connectivity index (χ2n) is 9.98. The number of carbonyl (C=O) groups is 1. The lowest BCUT2D eigenvalue weighted by Gasteiger charge is -2.48. The van der Waals surface area contributed by atoms with Crippen molar-refractivity contribution in [1.29, 1.82) is 0 Å². The lowest BCUT2D eigenvalue weighted by molar-refractivity contribution is -0.129. The van der Waals surface area contributed by atoms with Gasteiger partial charge in [-0.3, -0.25) is 4.79 Å². The number of fused-ring (bicyclic) bond motifs is 5. The topological polar surface area (TPSA) is 29.5 Å². The van der Waals surface area contributed by atoms with Gasteiger partial charge in [0.15, 0.2) is 0 Å². The van der Waals surface area contributed by atoms with Crippen molar-refractivity contribution in [3.63, 3.8) is 0 Å². The molecule has 0 heterocycles. The molecular weight excluding hydrogens is 370 g/mol. The van der Waals surface area contributed by atoms with Crippen LogP contribution in [0.25, 0.3) is 0 Å². The van der Waals surface area contributed by atoms with E-state index in [1.165, 1.54) is 28.8 Å². The third kappa shape index (κ3) is 3.05. The summed E-state index contributed by atoms with van der Waals surface area (Å²) in [5.74, 6) is 3.34. The zero-order valence-corrected chi connectivity index (χ0v) is 18.5. The maximum absolute atomic E-state index is 12.6. The summed E-state index contributed by atoms with van der Waals surface area (Å²) in [5, 5.41) is 0. The van der Waals surface area contributed by atoms with Crippen LogP contribution in [-0.2, 0) is 17.8 Å². The maximum Gasteiger partial charge on any atom is 0.143 e. The summed E-state index contributed by atoms with van der Waals surface area (Å²) in [4.78, 5) is 14.8. The Morgan fingerprint density at radius 1 is 1.03 bits per heavy atom. The number of carbonyl (C=O) groups excluding carboxylic acids is 1. The molecule has 5 rings (SSSR count). The summed E-state index contributed by atoms with van der Waals surface area (Å²) in [7, 11) is 4.26. The Kier molecular flexibility index (Phi) is 4.88. The lowest BCUT2D eigenvalue weighted by Crippen LogP contribution is -2.42. The van der Waals surface area contributed by atoms with Crippen molar-refractivity contribution in [1.82, 2.24) is 0 Å². The van der Waals surface area contributed by atoms with Crippen LogP contribution in [0.5, 0.6) is 5.75 Å². The predicted octanol–water partition coefficient (Wildman–Crippen LogP) is 5.76. The van der Waals surface area contributed by atoms with Gasteiger partial charge in [0, 0.05) is 25.9 Å². The third-order valence-corrected chi connectivity index (χ3v) is 8.24. The molecule has 2 aromatic carbocycles. The summed E-state index contributed by atoms with van der Waals surface area (Å²) < 4.78 is 6.30. The molecule has 0 amide bonds. The van der Waals surface area contributed by atoms with Gasteiger partial charge in [0.25, 0.3) is 0 Å². The fourth-order valence-electron chi connectivity index (χ4n) is 6.74. The first kappa shape index (κ1) is 19.7. The SMILES string of the molecule is CN(C)c1c(OCc2ccccc2)ccc2c1CCC1C2CCC2(C)C(=O)CCC12. The van der Waals surface area contributed by atoms with Gasteiger partial charge in [-0.25, -0.2) is 0 Å². The fraction of sp³-hybridized carbons (Fsp3) is 0.519. The zero-order valence-electron chi connectivity index (χ0n) is 18.5. The van der Waals surface area contributed by atoms with Crippen molar-refractivity contribution in [2.75, 3.05) is 19.0 Å². The van der Waals surface area contributed by atoms with E-state index in [1.807, 2.05) is 6.07 Å². The minimum atomic E-state index is -0.0538. The molecule has 3 heteroatoms. The van der Waals surface area contributed by atoms with E-state index in [-0.39, 0.29) is 5.41 Å². The Hall–Kier alpha value is -2.29. The van der Waals surface area contributed by atoms with Gasteiger partial charge < -0.3 is 9.64 Å². The molecule has 3 nitrogen and oxygen atoms in total. The van der Waals surface area contributed by atoms with Crippen LogP contribution in [0, 0.1) is 17.3 Å². The summed E-state index contributed by atoms with van der Waals surface area (Å²) in [6, 6.07) is 14.9. The quantitative estimate of drug-likeness (QED) is 0.650. The molecule has 2 aromatic rings. The number of nitrogens with zero attached hydrogens (tertiary/aromatic N) is 1. The number of ether oxygens (including phenoxy) is 1. The molecule has 2 fully saturated rings. The number of Topliss-reactive ketones (excluding diaryl/α,β-unsaturated/α-hetero) is 1. The highest BCUT2D eigenvalue weighted by molar-refractivity contribution is 5.87. The highest BCUT2D eigenvalue weighted by Gasteiger charge is 2.54. The van der Waals surface area contributed by atoms with Crippen LogP contribution in [0.3, 0.4) is 0 Å². The van der Waals surface area contributed by atoms with E-state index in [1.54, 1.807) is 0 Å². The average molecular weight is 404 g/mol. The van der Waals surface area contributed by atoms with Crippen LogP contribution >= 0.6 is 0 Å². The maximum atomic E-state index is 12.6. The van der Waals surface area contributed by atoms with Crippen molar-refractivity contribution in [3.8, 4) is 5.75 Å². The third-order valence-electron chi connectivity index (χ3n) is 8.24. The van der Waals surface area contributed by atoms with Crippen LogP contribution in [-0.4, -0.2) is 19.9 Å². The molecule has 3 aliphatic carbocycles. The first-order valence-corrected chi connectivity index (χ1v) is 11.5. The van der Waals surface area contributed by atoms with Crippen LogP contribution in [0.1, 0.15) is 61.6 Å². The van der Waals surface area contributed by atoms with Gasteiger partial charge >= 0.3 is 0 Å². The van der Waals surface area contributed by atoms with Gasteiger partial charge in [0.2, 0.25) is 0 Å². The molecule has 158 valence electrons. The smallest absolute Gasteiger partial charge is 0.143 e. The van der Waals surface area contributed by atoms with Gasteiger partial charge in [0.05, 0.1) is 5.69 Å². The molecule has 2 saturated carbocycles. The number of anilines is 1. The minimum absolute atomic E-state index is 0.0538. The Balaban J connectivity index is 1.46. The van der Waals surface area contributed by atoms with E-state index in [9.17, 15) is 4.79 Å². The number of rotatable bonds is 4. The van der Waals surface area contributed by atoms with Crippen molar-refractivity contribution >= 4 is 11.5 Å².